The zero-order chi connectivity index (χ0) is 21.9. The van der Waals surface area contributed by atoms with E-state index in [1.807, 2.05) is 20.8 Å². The Hall–Kier alpha value is -2.68. The van der Waals surface area contributed by atoms with Gasteiger partial charge in [0.15, 0.2) is 6.54 Å². The van der Waals surface area contributed by atoms with E-state index in [1.165, 1.54) is 6.07 Å². The summed E-state index contributed by atoms with van der Waals surface area (Å²) in [5.74, 6) is -0.192. The predicted octanol–water partition coefficient (Wildman–Crippen LogP) is 0.815. The second-order valence-electron chi connectivity index (χ2n) is 9.28. The van der Waals surface area contributed by atoms with E-state index < -0.39 is 4.92 Å². The van der Waals surface area contributed by atoms with Gasteiger partial charge in [-0.25, -0.2) is 0 Å². The lowest BCUT2D eigenvalue weighted by Gasteiger charge is -2.23. The minimum absolute atomic E-state index is 0.00616. The molecular weight excluding hydrogens is 386 g/mol. The first-order valence-electron chi connectivity index (χ1n) is 10.6. The minimum Gasteiger partial charge on any atom is -0.377 e. The van der Waals surface area contributed by atoms with Crippen LogP contribution in [0.15, 0.2) is 18.2 Å². The highest BCUT2D eigenvalue weighted by atomic mass is 16.6. The van der Waals surface area contributed by atoms with Gasteiger partial charge in [-0.1, -0.05) is 0 Å². The van der Waals surface area contributed by atoms with Crippen LogP contribution in [0.1, 0.15) is 50.4 Å². The van der Waals surface area contributed by atoms with Crippen LogP contribution in [0.25, 0.3) is 0 Å². The van der Waals surface area contributed by atoms with Crippen molar-refractivity contribution in [2.75, 3.05) is 38.0 Å². The Bertz CT molecular complexity index is 816. The molecule has 164 valence electrons. The van der Waals surface area contributed by atoms with Crippen LogP contribution in [0, 0.1) is 10.1 Å². The molecule has 1 saturated carbocycles. The predicted molar refractivity (Wildman–Crippen MR) is 114 cm³/mol. The second kappa shape index (κ2) is 8.99. The van der Waals surface area contributed by atoms with Crippen molar-refractivity contribution in [1.82, 2.24) is 10.2 Å². The first kappa shape index (κ1) is 22.0. The summed E-state index contributed by atoms with van der Waals surface area (Å²) in [4.78, 5) is 39.1. The first-order chi connectivity index (χ1) is 14.1. The third kappa shape index (κ3) is 6.16. The van der Waals surface area contributed by atoms with Gasteiger partial charge >= 0.3 is 0 Å². The second-order valence-corrected chi connectivity index (χ2v) is 9.28. The number of nitrogens with zero attached hydrogens (tertiary/aromatic N) is 2. The lowest BCUT2D eigenvalue weighted by Crippen LogP contribution is -3.13. The van der Waals surface area contributed by atoms with Crippen LogP contribution in [0.5, 0.6) is 0 Å². The topological polar surface area (TPSA) is 109 Å². The Kier molecular flexibility index (Phi) is 6.60. The number of nitro benzene ring substituents is 1. The first-order valence-corrected chi connectivity index (χ1v) is 10.6. The molecule has 1 atom stereocenters. The van der Waals surface area contributed by atoms with Crippen molar-refractivity contribution in [3.05, 3.63) is 33.9 Å². The molecule has 0 radical (unpaired) electrons. The fourth-order valence-corrected chi connectivity index (χ4v) is 3.69. The highest BCUT2D eigenvalue weighted by molar-refractivity contribution is 5.95. The summed E-state index contributed by atoms with van der Waals surface area (Å²) in [6.45, 7) is 8.83. The number of hydrogen-bond acceptors (Lipinski definition) is 5. The molecule has 2 fully saturated rings. The molecule has 0 spiro atoms. The number of hydrogen-bond donors (Lipinski definition) is 3. The maximum Gasteiger partial charge on any atom is 0.293 e. The van der Waals surface area contributed by atoms with E-state index in [9.17, 15) is 19.7 Å². The summed E-state index contributed by atoms with van der Waals surface area (Å²) < 4.78 is 0. The molecule has 3 rings (SSSR count). The Labute approximate surface area is 176 Å². The smallest absolute Gasteiger partial charge is 0.293 e. The van der Waals surface area contributed by atoms with E-state index in [0.717, 1.165) is 30.7 Å². The van der Waals surface area contributed by atoms with Crippen LogP contribution < -0.4 is 15.5 Å². The van der Waals surface area contributed by atoms with Crippen molar-refractivity contribution in [1.29, 1.82) is 0 Å². The van der Waals surface area contributed by atoms with E-state index in [4.69, 9.17) is 0 Å². The average molecular weight is 419 g/mol. The maximum atomic E-state index is 13.0. The molecule has 1 aromatic carbocycles. The van der Waals surface area contributed by atoms with Crippen molar-refractivity contribution in [2.24, 2.45) is 0 Å². The molecule has 9 heteroatoms. The fourth-order valence-electron chi connectivity index (χ4n) is 3.69. The average Bonchev–Trinajstić information content (AvgIpc) is 3.47. The van der Waals surface area contributed by atoms with E-state index in [1.54, 1.807) is 17.0 Å². The van der Waals surface area contributed by atoms with Crippen LogP contribution in [-0.2, 0) is 4.79 Å². The Morgan fingerprint density at radius 1 is 1.23 bits per heavy atom. The van der Waals surface area contributed by atoms with Gasteiger partial charge in [0.1, 0.15) is 5.69 Å². The van der Waals surface area contributed by atoms with Gasteiger partial charge in [-0.05, 0) is 45.7 Å². The van der Waals surface area contributed by atoms with Gasteiger partial charge in [0, 0.05) is 36.2 Å². The number of benzene rings is 1. The molecule has 1 heterocycles. The lowest BCUT2D eigenvalue weighted by molar-refractivity contribution is -0.889. The minimum atomic E-state index is -0.441. The van der Waals surface area contributed by atoms with Crippen molar-refractivity contribution in [3.63, 3.8) is 0 Å². The molecule has 2 aliphatic rings. The van der Waals surface area contributed by atoms with Crippen molar-refractivity contribution >= 4 is 23.2 Å². The van der Waals surface area contributed by atoms with Crippen molar-refractivity contribution < 1.29 is 19.4 Å². The van der Waals surface area contributed by atoms with E-state index in [-0.39, 0.29) is 23.0 Å². The number of carbonyl (C=O) groups excluding carboxylic acids is 2. The molecule has 30 heavy (non-hydrogen) atoms. The van der Waals surface area contributed by atoms with E-state index in [2.05, 4.69) is 10.6 Å². The van der Waals surface area contributed by atoms with Crippen LogP contribution in [0.4, 0.5) is 11.4 Å². The normalized spacial score (nSPS) is 19.7. The summed E-state index contributed by atoms with van der Waals surface area (Å²) in [6, 6.07) is 4.96. The van der Waals surface area contributed by atoms with Gasteiger partial charge in [0.2, 0.25) is 0 Å². The molecule has 2 amide bonds. The molecular formula is C21H32N5O4+. The van der Waals surface area contributed by atoms with E-state index >= 15 is 0 Å². The molecule has 9 nitrogen and oxygen atoms in total. The van der Waals surface area contributed by atoms with Gasteiger partial charge in [-0.2, -0.15) is 0 Å². The van der Waals surface area contributed by atoms with Gasteiger partial charge in [0.25, 0.3) is 17.5 Å². The van der Waals surface area contributed by atoms with Crippen LogP contribution >= 0.6 is 0 Å². The Morgan fingerprint density at radius 2 is 1.97 bits per heavy atom. The molecule has 1 aliphatic carbocycles. The molecule has 3 N–H and O–H groups in total. The van der Waals surface area contributed by atoms with Crippen molar-refractivity contribution in [3.8, 4) is 0 Å². The van der Waals surface area contributed by atoms with Crippen LogP contribution in [0.3, 0.4) is 0 Å². The SMILES string of the molecule is CC(C)(C)NC(=O)C[NH+]1CCCN(C(=O)c2ccc(NC3CC3)c([N+](=O)[O-])c2)CC1. The third-order valence-corrected chi connectivity index (χ3v) is 5.28. The number of nitro groups is 1. The zero-order valence-electron chi connectivity index (χ0n) is 18.0. The number of nitrogens with one attached hydrogen (secondary N) is 3. The van der Waals surface area contributed by atoms with Crippen LogP contribution in [0.2, 0.25) is 0 Å². The fraction of sp³-hybridized carbons (Fsp3) is 0.619. The third-order valence-electron chi connectivity index (χ3n) is 5.28. The molecule has 1 aliphatic heterocycles. The zero-order valence-corrected chi connectivity index (χ0v) is 18.0. The molecule has 0 bridgehead atoms. The standard InChI is InChI=1S/C21H31N5O4/c1-21(2,3)23-19(27)14-24-9-4-10-25(12-11-24)20(28)15-5-8-17(22-16-6-7-16)18(13-15)26(29)30/h5,8,13,16,22H,4,6-7,9-12,14H2,1-3H3,(H,23,27)/p+1. The Morgan fingerprint density at radius 3 is 2.60 bits per heavy atom. The molecule has 1 saturated heterocycles. The van der Waals surface area contributed by atoms with Gasteiger partial charge in [-0.15, -0.1) is 0 Å². The number of carbonyl (C=O) groups is 2. The summed E-state index contributed by atoms with van der Waals surface area (Å²) in [5, 5.41) is 17.6. The summed E-state index contributed by atoms with van der Waals surface area (Å²) >= 11 is 0. The molecule has 0 aromatic heterocycles. The largest absolute Gasteiger partial charge is 0.377 e. The maximum absolute atomic E-state index is 13.0. The van der Waals surface area contributed by atoms with Gasteiger partial charge in [-0.3, -0.25) is 19.7 Å². The Balaban J connectivity index is 1.62. The van der Waals surface area contributed by atoms with Gasteiger partial charge in [0.05, 0.1) is 24.6 Å². The number of amides is 2. The quantitative estimate of drug-likeness (QED) is 0.468. The number of quaternary nitrogens is 1. The highest BCUT2D eigenvalue weighted by Crippen LogP contribution is 2.31. The summed E-state index contributed by atoms with van der Waals surface area (Å²) in [6.07, 6.45) is 2.81. The van der Waals surface area contributed by atoms with Crippen LogP contribution in [-0.4, -0.2) is 65.9 Å². The lowest BCUT2D eigenvalue weighted by atomic mass is 10.1. The summed E-state index contributed by atoms with van der Waals surface area (Å²) in [7, 11) is 0. The van der Waals surface area contributed by atoms with E-state index in [0.29, 0.717) is 43.5 Å². The highest BCUT2D eigenvalue weighted by Gasteiger charge is 2.28. The number of rotatable bonds is 6. The number of anilines is 1. The molecule has 1 aromatic rings. The summed E-state index contributed by atoms with van der Waals surface area (Å²) in [5.41, 5.74) is 0.473. The van der Waals surface area contributed by atoms with Crippen molar-refractivity contribution in [2.45, 2.75) is 51.6 Å². The molecule has 1 unspecified atom stereocenters. The van der Waals surface area contributed by atoms with Gasteiger partial charge < -0.3 is 20.4 Å². The monoisotopic (exact) mass is 418 g/mol.